The molecule has 0 aliphatic heterocycles. The Morgan fingerprint density at radius 2 is 1.93 bits per heavy atom. The average Bonchev–Trinajstić information content (AvgIpc) is 2.16. The molecule has 0 aliphatic rings. The van der Waals surface area contributed by atoms with Crippen molar-refractivity contribution < 1.29 is 14.7 Å². The highest BCUT2D eigenvalue weighted by Crippen LogP contribution is 1.92. The van der Waals surface area contributed by atoms with Crippen LogP contribution in [0, 0.1) is 0 Å². The van der Waals surface area contributed by atoms with Crippen molar-refractivity contribution in [2.45, 2.75) is 31.7 Å². The summed E-state index contributed by atoms with van der Waals surface area (Å²) in [7, 11) is 0. The number of carboxylic acid groups (broad SMARTS) is 1. The Kier molecular flexibility index (Phi) is 7.57. The smallest absolute Gasteiger partial charge is 0.305 e. The molecule has 0 aromatic heterocycles. The van der Waals surface area contributed by atoms with Crippen molar-refractivity contribution in [3.63, 3.8) is 0 Å². The monoisotopic (exact) mass is 217 g/mol. The first-order valence-corrected chi connectivity index (χ1v) is 5.03. The number of nitrogens with two attached hydrogens (primary N) is 2. The van der Waals surface area contributed by atoms with Crippen molar-refractivity contribution >= 4 is 11.9 Å². The average molecular weight is 217 g/mol. The highest BCUT2D eigenvalue weighted by Gasteiger charge is 2.15. The lowest BCUT2D eigenvalue weighted by atomic mass is 10.2. The molecule has 0 bridgehead atoms. The Labute approximate surface area is 89.0 Å². The lowest BCUT2D eigenvalue weighted by molar-refractivity contribution is -0.139. The van der Waals surface area contributed by atoms with E-state index >= 15 is 0 Å². The van der Waals surface area contributed by atoms with E-state index in [1.165, 1.54) is 0 Å². The maximum Gasteiger partial charge on any atom is 0.305 e. The van der Waals surface area contributed by atoms with E-state index in [2.05, 4.69) is 5.32 Å². The Morgan fingerprint density at radius 3 is 2.47 bits per heavy atom. The largest absolute Gasteiger partial charge is 0.481 e. The van der Waals surface area contributed by atoms with Crippen molar-refractivity contribution in [1.29, 1.82) is 0 Å². The summed E-state index contributed by atoms with van der Waals surface area (Å²) < 4.78 is 0. The first kappa shape index (κ1) is 13.9. The Balaban J connectivity index is 3.51. The van der Waals surface area contributed by atoms with Gasteiger partial charge in [0.2, 0.25) is 5.91 Å². The van der Waals surface area contributed by atoms with Gasteiger partial charge in [-0.1, -0.05) is 6.42 Å². The number of aliphatic carboxylic acids is 1. The molecule has 1 amide bonds. The van der Waals surface area contributed by atoms with Gasteiger partial charge >= 0.3 is 5.97 Å². The molecule has 1 atom stereocenters. The number of unbranched alkanes of at least 4 members (excludes halogenated alkanes) is 2. The number of amides is 1. The van der Waals surface area contributed by atoms with Gasteiger partial charge in [0.15, 0.2) is 0 Å². The molecule has 0 unspecified atom stereocenters. The second-order valence-electron chi connectivity index (χ2n) is 3.34. The van der Waals surface area contributed by atoms with Gasteiger partial charge in [-0.3, -0.25) is 9.59 Å². The van der Waals surface area contributed by atoms with E-state index in [1.54, 1.807) is 0 Å². The van der Waals surface area contributed by atoms with Gasteiger partial charge in [-0.15, -0.1) is 0 Å². The van der Waals surface area contributed by atoms with Gasteiger partial charge in [-0.2, -0.15) is 0 Å². The molecule has 0 saturated heterocycles. The van der Waals surface area contributed by atoms with Crippen LogP contribution in [0.2, 0.25) is 0 Å². The number of carbonyl (C=O) groups excluding carboxylic acids is 1. The zero-order valence-corrected chi connectivity index (χ0v) is 8.74. The van der Waals surface area contributed by atoms with Crippen molar-refractivity contribution in [3.05, 3.63) is 0 Å². The molecule has 0 saturated carbocycles. The van der Waals surface area contributed by atoms with E-state index in [4.69, 9.17) is 16.6 Å². The van der Waals surface area contributed by atoms with Gasteiger partial charge in [-0.25, -0.2) is 0 Å². The molecule has 15 heavy (non-hydrogen) atoms. The van der Waals surface area contributed by atoms with Crippen molar-refractivity contribution in [2.24, 2.45) is 11.5 Å². The van der Waals surface area contributed by atoms with E-state index in [0.717, 1.165) is 19.3 Å². The van der Waals surface area contributed by atoms with E-state index in [1.807, 2.05) is 0 Å². The predicted octanol–water partition coefficient (Wildman–Crippen LogP) is -0.966. The van der Waals surface area contributed by atoms with E-state index in [0.29, 0.717) is 13.1 Å². The van der Waals surface area contributed by atoms with Crippen molar-refractivity contribution in [2.75, 3.05) is 13.1 Å². The molecule has 6 nitrogen and oxygen atoms in total. The van der Waals surface area contributed by atoms with Crippen LogP contribution >= 0.6 is 0 Å². The minimum Gasteiger partial charge on any atom is -0.481 e. The van der Waals surface area contributed by atoms with Crippen LogP contribution in [0.25, 0.3) is 0 Å². The lowest BCUT2D eigenvalue weighted by Gasteiger charge is -2.09. The number of hydrogen-bond acceptors (Lipinski definition) is 4. The van der Waals surface area contributed by atoms with Crippen LogP contribution < -0.4 is 16.8 Å². The molecular formula is C9H19N3O3. The lowest BCUT2D eigenvalue weighted by Crippen LogP contribution is -2.42. The molecule has 0 aliphatic carbocycles. The van der Waals surface area contributed by atoms with E-state index in [9.17, 15) is 9.59 Å². The van der Waals surface area contributed by atoms with Gasteiger partial charge in [0.1, 0.15) is 0 Å². The van der Waals surface area contributed by atoms with Gasteiger partial charge in [0.05, 0.1) is 12.5 Å². The summed E-state index contributed by atoms with van der Waals surface area (Å²) >= 11 is 0. The normalized spacial score (nSPS) is 12.1. The number of nitrogens with one attached hydrogen (secondary N) is 1. The summed E-state index contributed by atoms with van der Waals surface area (Å²) in [5.41, 5.74) is 10.6. The topological polar surface area (TPSA) is 118 Å². The second-order valence-corrected chi connectivity index (χ2v) is 3.34. The maximum atomic E-state index is 11.2. The first-order valence-electron chi connectivity index (χ1n) is 5.03. The first-order chi connectivity index (χ1) is 7.07. The summed E-state index contributed by atoms with van der Waals surface area (Å²) in [5.74, 6) is -1.48. The van der Waals surface area contributed by atoms with Gasteiger partial charge < -0.3 is 21.9 Å². The van der Waals surface area contributed by atoms with E-state index in [-0.39, 0.29) is 6.42 Å². The van der Waals surface area contributed by atoms with Gasteiger partial charge in [0.25, 0.3) is 0 Å². The quantitative estimate of drug-likeness (QED) is 0.390. The minimum absolute atomic E-state index is 0.339. The third kappa shape index (κ3) is 7.90. The fourth-order valence-electron chi connectivity index (χ4n) is 1.07. The standard InChI is InChI=1S/C9H19N3O3/c10-4-2-1-3-5-12-9(15)7(11)6-8(13)14/h7H,1-6,10-11H2,(H,12,15)(H,13,14)/t7-/m0/s1. The SMILES string of the molecule is NCCCCCNC(=O)[C@@H](N)CC(=O)O. The highest BCUT2D eigenvalue weighted by atomic mass is 16.4. The predicted molar refractivity (Wildman–Crippen MR) is 56.1 cm³/mol. The van der Waals surface area contributed by atoms with Gasteiger partial charge in [-0.05, 0) is 19.4 Å². The van der Waals surface area contributed by atoms with Crippen LogP contribution in [-0.2, 0) is 9.59 Å². The fraction of sp³-hybridized carbons (Fsp3) is 0.778. The Bertz CT molecular complexity index is 209. The molecule has 6 heteroatoms. The molecule has 6 N–H and O–H groups in total. The van der Waals surface area contributed by atoms with Gasteiger partial charge in [0, 0.05) is 6.54 Å². The van der Waals surface area contributed by atoms with Crippen LogP contribution in [0.3, 0.4) is 0 Å². The molecule has 0 spiro atoms. The van der Waals surface area contributed by atoms with E-state index < -0.39 is 17.9 Å². The molecule has 0 radical (unpaired) electrons. The molecule has 88 valence electrons. The van der Waals surface area contributed by atoms with Crippen molar-refractivity contribution in [1.82, 2.24) is 5.32 Å². The third-order valence-electron chi connectivity index (χ3n) is 1.91. The molecule has 0 heterocycles. The van der Waals surface area contributed by atoms with Crippen molar-refractivity contribution in [3.8, 4) is 0 Å². The molecule has 0 aromatic rings. The summed E-state index contributed by atoms with van der Waals surface area (Å²) in [6.45, 7) is 1.17. The summed E-state index contributed by atoms with van der Waals surface area (Å²) in [6, 6.07) is -0.961. The second kappa shape index (κ2) is 8.19. The van der Waals surface area contributed by atoms with Crippen LogP contribution in [0.15, 0.2) is 0 Å². The fourth-order valence-corrected chi connectivity index (χ4v) is 1.07. The zero-order valence-electron chi connectivity index (χ0n) is 8.74. The van der Waals surface area contributed by atoms with Crippen LogP contribution in [0.1, 0.15) is 25.7 Å². The highest BCUT2D eigenvalue weighted by molar-refractivity contribution is 5.85. The van der Waals surface area contributed by atoms with Crippen LogP contribution in [-0.4, -0.2) is 36.1 Å². The zero-order chi connectivity index (χ0) is 11.7. The molecular weight excluding hydrogens is 198 g/mol. The number of rotatable bonds is 8. The maximum absolute atomic E-state index is 11.2. The Morgan fingerprint density at radius 1 is 1.27 bits per heavy atom. The number of carbonyl (C=O) groups is 2. The summed E-state index contributed by atoms with van der Waals surface area (Å²) in [5, 5.41) is 11.0. The Hall–Kier alpha value is -1.14. The minimum atomic E-state index is -1.07. The molecule has 0 rings (SSSR count). The van der Waals surface area contributed by atoms with Crippen LogP contribution in [0.4, 0.5) is 0 Å². The number of carboxylic acids is 1. The summed E-state index contributed by atoms with van der Waals surface area (Å²) in [4.78, 5) is 21.4. The third-order valence-corrected chi connectivity index (χ3v) is 1.91. The molecule has 0 fully saturated rings. The summed E-state index contributed by atoms with van der Waals surface area (Å²) in [6.07, 6.45) is 2.37. The molecule has 0 aromatic carbocycles. The number of hydrogen-bond donors (Lipinski definition) is 4. The van der Waals surface area contributed by atoms with Crippen LogP contribution in [0.5, 0.6) is 0 Å².